The van der Waals surface area contributed by atoms with Gasteiger partial charge in [0.25, 0.3) is 0 Å². The summed E-state index contributed by atoms with van der Waals surface area (Å²) in [5, 5.41) is 0. The Bertz CT molecular complexity index is 535. The normalized spacial score (nSPS) is 24.9. The highest BCUT2D eigenvalue weighted by Gasteiger charge is 2.34. The largest absolute Gasteiger partial charge is 0.464 e. The Morgan fingerprint density at radius 3 is 2.57 bits per heavy atom. The summed E-state index contributed by atoms with van der Waals surface area (Å²) in [5.41, 5.74) is 0. The van der Waals surface area contributed by atoms with E-state index in [1.54, 1.807) is 0 Å². The van der Waals surface area contributed by atoms with Crippen LogP contribution in [0.2, 0.25) is 0 Å². The minimum absolute atomic E-state index is 0.252. The van der Waals surface area contributed by atoms with E-state index in [2.05, 4.69) is 18.9 Å². The van der Waals surface area contributed by atoms with Gasteiger partial charge in [0.05, 0.1) is 13.1 Å². The standard InChI is InChI=1S/C19H30N2O2/c1-14-6-4-5-7-18(14)20(3)13-19(22)21(16-9-10-16)12-17-11-8-15(2)23-17/h8,11,14,16,18H,4-7,9-10,12-13H2,1-3H3. The molecular weight excluding hydrogens is 288 g/mol. The molecule has 2 saturated carbocycles. The van der Waals surface area contributed by atoms with E-state index in [1.165, 1.54) is 25.7 Å². The second kappa shape index (κ2) is 7.08. The molecule has 4 nitrogen and oxygen atoms in total. The van der Waals surface area contributed by atoms with E-state index in [9.17, 15) is 4.79 Å². The van der Waals surface area contributed by atoms with E-state index in [-0.39, 0.29) is 5.91 Å². The number of furan rings is 1. The zero-order valence-corrected chi connectivity index (χ0v) is 14.8. The first-order valence-electron chi connectivity index (χ1n) is 9.09. The highest BCUT2D eigenvalue weighted by atomic mass is 16.3. The molecule has 1 aromatic heterocycles. The average Bonchev–Trinajstić information content (AvgIpc) is 3.27. The molecule has 0 radical (unpaired) electrons. The number of likely N-dealkylation sites (N-methyl/N-ethyl adjacent to an activating group) is 1. The first-order chi connectivity index (χ1) is 11.0. The lowest BCUT2D eigenvalue weighted by molar-refractivity contribution is -0.134. The lowest BCUT2D eigenvalue weighted by Crippen LogP contribution is -2.46. The summed E-state index contributed by atoms with van der Waals surface area (Å²) in [5.74, 6) is 2.76. The van der Waals surface area contributed by atoms with Gasteiger partial charge in [0.15, 0.2) is 0 Å². The molecule has 2 aliphatic rings. The van der Waals surface area contributed by atoms with Crippen molar-refractivity contribution < 1.29 is 9.21 Å². The van der Waals surface area contributed by atoms with Crippen LogP contribution in [0.4, 0.5) is 0 Å². The maximum Gasteiger partial charge on any atom is 0.237 e. The molecule has 0 aromatic carbocycles. The summed E-state index contributed by atoms with van der Waals surface area (Å²) in [7, 11) is 2.12. The molecule has 0 aliphatic heterocycles. The molecule has 128 valence electrons. The Morgan fingerprint density at radius 2 is 1.96 bits per heavy atom. The topological polar surface area (TPSA) is 36.7 Å². The molecule has 3 rings (SSSR count). The molecule has 2 atom stereocenters. The van der Waals surface area contributed by atoms with Gasteiger partial charge < -0.3 is 9.32 Å². The average molecular weight is 318 g/mol. The lowest BCUT2D eigenvalue weighted by atomic mass is 9.85. The van der Waals surface area contributed by atoms with Crippen LogP contribution in [0.3, 0.4) is 0 Å². The van der Waals surface area contributed by atoms with Gasteiger partial charge in [-0.1, -0.05) is 19.8 Å². The number of nitrogens with zero attached hydrogens (tertiary/aromatic N) is 2. The van der Waals surface area contributed by atoms with Crippen molar-refractivity contribution in [2.24, 2.45) is 5.92 Å². The third-order valence-electron chi connectivity index (χ3n) is 5.45. The van der Waals surface area contributed by atoms with Crippen LogP contribution in [0.1, 0.15) is 57.0 Å². The van der Waals surface area contributed by atoms with Gasteiger partial charge in [-0.3, -0.25) is 9.69 Å². The van der Waals surface area contributed by atoms with Gasteiger partial charge >= 0.3 is 0 Å². The molecular formula is C19H30N2O2. The van der Waals surface area contributed by atoms with E-state index < -0.39 is 0 Å². The van der Waals surface area contributed by atoms with Crippen molar-refractivity contribution in [3.05, 3.63) is 23.7 Å². The van der Waals surface area contributed by atoms with Crippen molar-refractivity contribution in [1.82, 2.24) is 9.80 Å². The van der Waals surface area contributed by atoms with Crippen LogP contribution in [-0.4, -0.2) is 41.4 Å². The molecule has 2 fully saturated rings. The van der Waals surface area contributed by atoms with Gasteiger partial charge in [-0.05, 0) is 57.7 Å². The molecule has 0 bridgehead atoms. The Labute approximate surface area is 139 Å². The van der Waals surface area contributed by atoms with E-state index >= 15 is 0 Å². The zero-order valence-electron chi connectivity index (χ0n) is 14.8. The summed E-state index contributed by atoms with van der Waals surface area (Å²) in [6.07, 6.45) is 7.42. The maximum absolute atomic E-state index is 12.8. The van der Waals surface area contributed by atoms with Crippen molar-refractivity contribution in [2.45, 2.75) is 71.0 Å². The number of carbonyl (C=O) groups excluding carboxylic acids is 1. The fourth-order valence-electron chi connectivity index (χ4n) is 3.92. The van der Waals surface area contributed by atoms with Crippen molar-refractivity contribution in [1.29, 1.82) is 0 Å². The Morgan fingerprint density at radius 1 is 1.22 bits per heavy atom. The van der Waals surface area contributed by atoms with E-state index in [0.717, 1.165) is 24.4 Å². The van der Waals surface area contributed by atoms with Gasteiger partial charge in [-0.25, -0.2) is 0 Å². The Balaban J connectivity index is 1.59. The molecule has 2 aliphatic carbocycles. The van der Waals surface area contributed by atoms with Crippen LogP contribution >= 0.6 is 0 Å². The number of amides is 1. The highest BCUT2D eigenvalue weighted by Crippen LogP contribution is 2.30. The van der Waals surface area contributed by atoms with Gasteiger partial charge in [0, 0.05) is 12.1 Å². The summed E-state index contributed by atoms with van der Waals surface area (Å²) in [6, 6.07) is 4.94. The molecule has 23 heavy (non-hydrogen) atoms. The summed E-state index contributed by atoms with van der Waals surface area (Å²) in [4.78, 5) is 17.2. The molecule has 0 N–H and O–H groups in total. The smallest absolute Gasteiger partial charge is 0.237 e. The number of aryl methyl sites for hydroxylation is 1. The molecule has 0 saturated heterocycles. The van der Waals surface area contributed by atoms with Crippen LogP contribution in [0, 0.1) is 12.8 Å². The predicted molar refractivity (Wildman–Crippen MR) is 91.1 cm³/mol. The SMILES string of the molecule is Cc1ccc(CN(C(=O)CN(C)C2CCCCC2C)C2CC2)o1. The first kappa shape index (κ1) is 16.6. The van der Waals surface area contributed by atoms with Crippen molar-refractivity contribution >= 4 is 5.91 Å². The number of carbonyl (C=O) groups is 1. The monoisotopic (exact) mass is 318 g/mol. The first-order valence-corrected chi connectivity index (χ1v) is 9.09. The van der Waals surface area contributed by atoms with Crippen LogP contribution in [0.15, 0.2) is 16.5 Å². The van der Waals surface area contributed by atoms with Gasteiger partial charge in [-0.15, -0.1) is 0 Å². The molecule has 1 aromatic rings. The van der Waals surface area contributed by atoms with Gasteiger partial charge in [-0.2, -0.15) is 0 Å². The van der Waals surface area contributed by atoms with Crippen molar-refractivity contribution in [2.75, 3.05) is 13.6 Å². The third kappa shape index (κ3) is 4.17. The minimum atomic E-state index is 0.252. The highest BCUT2D eigenvalue weighted by molar-refractivity contribution is 5.79. The Kier molecular flexibility index (Phi) is 5.10. The number of rotatable bonds is 6. The fraction of sp³-hybridized carbons (Fsp3) is 0.737. The van der Waals surface area contributed by atoms with E-state index in [4.69, 9.17) is 4.42 Å². The molecule has 4 heteroatoms. The minimum Gasteiger partial charge on any atom is -0.464 e. The summed E-state index contributed by atoms with van der Waals surface area (Å²) >= 11 is 0. The van der Waals surface area contributed by atoms with Crippen LogP contribution < -0.4 is 0 Å². The van der Waals surface area contributed by atoms with Gasteiger partial charge in [0.2, 0.25) is 5.91 Å². The fourth-order valence-corrected chi connectivity index (χ4v) is 3.92. The third-order valence-corrected chi connectivity index (χ3v) is 5.45. The lowest BCUT2D eigenvalue weighted by Gasteiger charge is -2.36. The maximum atomic E-state index is 12.8. The van der Waals surface area contributed by atoms with Crippen LogP contribution in [-0.2, 0) is 11.3 Å². The second-order valence-electron chi connectivity index (χ2n) is 7.51. The number of hydrogen-bond donors (Lipinski definition) is 0. The molecule has 2 unspecified atom stereocenters. The summed E-state index contributed by atoms with van der Waals surface area (Å²) < 4.78 is 5.67. The number of hydrogen-bond acceptors (Lipinski definition) is 3. The van der Waals surface area contributed by atoms with E-state index in [1.807, 2.05) is 24.0 Å². The molecule has 1 amide bonds. The van der Waals surface area contributed by atoms with E-state index in [0.29, 0.717) is 31.1 Å². The zero-order chi connectivity index (χ0) is 16.4. The Hall–Kier alpha value is -1.29. The quantitative estimate of drug-likeness (QED) is 0.804. The van der Waals surface area contributed by atoms with Gasteiger partial charge in [0.1, 0.15) is 11.5 Å². The van der Waals surface area contributed by atoms with Crippen LogP contribution in [0.5, 0.6) is 0 Å². The molecule has 0 spiro atoms. The van der Waals surface area contributed by atoms with Crippen molar-refractivity contribution in [3.8, 4) is 0 Å². The van der Waals surface area contributed by atoms with Crippen molar-refractivity contribution in [3.63, 3.8) is 0 Å². The van der Waals surface area contributed by atoms with Crippen LogP contribution in [0.25, 0.3) is 0 Å². The predicted octanol–water partition coefficient (Wildman–Crippen LogP) is 3.59. The summed E-state index contributed by atoms with van der Waals surface area (Å²) in [6.45, 7) is 5.43. The molecule has 1 heterocycles. The second-order valence-corrected chi connectivity index (χ2v) is 7.51.